The van der Waals surface area contributed by atoms with Crippen molar-refractivity contribution >= 4 is 23.7 Å². The Hall–Kier alpha value is -4.54. The van der Waals surface area contributed by atoms with Gasteiger partial charge >= 0.3 is 6.09 Å². The topological polar surface area (TPSA) is 161 Å². The highest BCUT2D eigenvalue weighted by Gasteiger charge is 2.29. The fourth-order valence-electron chi connectivity index (χ4n) is 3.62. The number of rotatable bonds is 7. The molecule has 11 heteroatoms. The monoisotopic (exact) mass is 448 g/mol. The molecule has 0 bridgehead atoms. The van der Waals surface area contributed by atoms with Crippen LogP contribution < -0.4 is 11.1 Å². The lowest BCUT2D eigenvalue weighted by Crippen LogP contribution is -2.47. The van der Waals surface area contributed by atoms with Crippen LogP contribution in [0.3, 0.4) is 0 Å². The summed E-state index contributed by atoms with van der Waals surface area (Å²) in [5.41, 5.74) is 7.34. The third-order valence-corrected chi connectivity index (χ3v) is 5.25. The van der Waals surface area contributed by atoms with Crippen LogP contribution in [0, 0.1) is 0 Å². The van der Waals surface area contributed by atoms with E-state index in [2.05, 4.69) is 15.4 Å². The third-order valence-electron chi connectivity index (χ3n) is 5.25. The average molecular weight is 448 g/mol. The molecule has 1 unspecified atom stereocenters. The molecular weight excluding hydrogens is 428 g/mol. The van der Waals surface area contributed by atoms with Gasteiger partial charge in [-0.15, -0.1) is 0 Å². The van der Waals surface area contributed by atoms with Crippen LogP contribution in [0.2, 0.25) is 0 Å². The molecule has 3 amide bonds. The predicted molar refractivity (Wildman–Crippen MR) is 114 cm³/mol. The van der Waals surface area contributed by atoms with Gasteiger partial charge in [0.2, 0.25) is 5.78 Å². The summed E-state index contributed by atoms with van der Waals surface area (Å²) in [6.07, 6.45) is 2.15. The Morgan fingerprint density at radius 3 is 2.52 bits per heavy atom. The molecule has 168 valence electrons. The van der Waals surface area contributed by atoms with Crippen molar-refractivity contribution in [1.82, 2.24) is 25.0 Å². The van der Waals surface area contributed by atoms with E-state index in [9.17, 15) is 19.2 Å². The molecule has 4 rings (SSSR count). The molecule has 0 aliphatic carbocycles. The van der Waals surface area contributed by atoms with E-state index in [0.29, 0.717) is 11.3 Å². The van der Waals surface area contributed by atoms with Crippen molar-refractivity contribution in [3.63, 3.8) is 0 Å². The Kier molecular flexibility index (Phi) is 5.85. The van der Waals surface area contributed by atoms with Gasteiger partial charge in [0.25, 0.3) is 11.8 Å². The zero-order valence-electron chi connectivity index (χ0n) is 17.3. The number of hydrogen-bond donors (Lipinski definition) is 3. The molecule has 0 spiro atoms. The van der Waals surface area contributed by atoms with E-state index in [0.717, 1.165) is 5.56 Å². The quantitative estimate of drug-likeness (QED) is 0.447. The summed E-state index contributed by atoms with van der Waals surface area (Å²) >= 11 is 0. The number of pyridine rings is 1. The standard InChI is InChI=1S/C22H20N6O5/c23-19(30)18(29)16(9-13-5-2-1-3-6-13)25-21(31)15-7-4-8-24-20(15)28-11-14-10-27(22(32)33)12-17(14)26-28/h1-8,11,16H,9-10,12H2,(H2,23,30)(H,25,31)(H,32,33). The van der Waals surface area contributed by atoms with Crippen molar-refractivity contribution in [2.24, 2.45) is 5.73 Å². The number of benzene rings is 1. The number of hydrogen-bond acceptors (Lipinski definition) is 6. The summed E-state index contributed by atoms with van der Waals surface area (Å²) in [4.78, 5) is 53.6. The highest BCUT2D eigenvalue weighted by atomic mass is 16.4. The highest BCUT2D eigenvalue weighted by molar-refractivity contribution is 6.38. The van der Waals surface area contributed by atoms with Gasteiger partial charge < -0.3 is 16.2 Å². The first-order chi connectivity index (χ1) is 15.8. The van der Waals surface area contributed by atoms with Crippen molar-refractivity contribution in [3.8, 4) is 5.82 Å². The molecule has 33 heavy (non-hydrogen) atoms. The van der Waals surface area contributed by atoms with Crippen molar-refractivity contribution < 1.29 is 24.3 Å². The Morgan fingerprint density at radius 2 is 1.85 bits per heavy atom. The molecule has 4 N–H and O–H groups in total. The Bertz CT molecular complexity index is 1220. The number of carbonyl (C=O) groups is 4. The number of amides is 3. The second kappa shape index (κ2) is 8.91. The number of carbonyl (C=O) groups excluding carboxylic acids is 3. The van der Waals surface area contributed by atoms with Crippen molar-refractivity contribution in [2.75, 3.05) is 0 Å². The highest BCUT2D eigenvalue weighted by Crippen LogP contribution is 2.23. The van der Waals surface area contributed by atoms with Gasteiger partial charge in [-0.1, -0.05) is 30.3 Å². The van der Waals surface area contributed by atoms with E-state index >= 15 is 0 Å². The maximum atomic E-state index is 13.1. The van der Waals surface area contributed by atoms with Crippen LogP contribution in [-0.4, -0.2) is 54.5 Å². The van der Waals surface area contributed by atoms with Crippen LogP contribution in [0.5, 0.6) is 0 Å². The number of ketones is 1. The molecule has 0 radical (unpaired) electrons. The lowest BCUT2D eigenvalue weighted by atomic mass is 10.0. The number of aromatic nitrogens is 3. The maximum absolute atomic E-state index is 13.1. The van der Waals surface area contributed by atoms with E-state index < -0.39 is 29.7 Å². The van der Waals surface area contributed by atoms with E-state index in [1.54, 1.807) is 36.5 Å². The summed E-state index contributed by atoms with van der Waals surface area (Å²) in [7, 11) is 0. The van der Waals surface area contributed by atoms with Crippen molar-refractivity contribution in [3.05, 3.63) is 77.2 Å². The van der Waals surface area contributed by atoms with E-state index in [1.807, 2.05) is 6.07 Å². The number of carboxylic acid groups (broad SMARTS) is 1. The Labute approximate surface area is 187 Å². The van der Waals surface area contributed by atoms with Crippen LogP contribution in [0.1, 0.15) is 27.2 Å². The average Bonchev–Trinajstić information content (AvgIpc) is 3.38. The molecule has 11 nitrogen and oxygen atoms in total. The molecule has 3 aromatic rings. The Balaban J connectivity index is 1.59. The second-order valence-electron chi connectivity index (χ2n) is 7.50. The number of nitrogens with zero attached hydrogens (tertiary/aromatic N) is 4. The van der Waals surface area contributed by atoms with Gasteiger partial charge in [-0.3, -0.25) is 19.3 Å². The zero-order chi connectivity index (χ0) is 23.5. The third kappa shape index (κ3) is 4.56. The maximum Gasteiger partial charge on any atom is 0.407 e. The summed E-state index contributed by atoms with van der Waals surface area (Å²) in [6, 6.07) is 10.8. The minimum absolute atomic E-state index is 0.0883. The first kappa shape index (κ1) is 21.7. The molecule has 1 aliphatic heterocycles. The molecule has 0 fully saturated rings. The molecule has 1 aliphatic rings. The minimum atomic E-state index is -1.16. The van der Waals surface area contributed by atoms with Crippen LogP contribution >= 0.6 is 0 Å². The molecule has 0 saturated carbocycles. The number of nitrogens with one attached hydrogen (secondary N) is 1. The minimum Gasteiger partial charge on any atom is -0.465 e. The van der Waals surface area contributed by atoms with Gasteiger partial charge in [0, 0.05) is 24.4 Å². The van der Waals surface area contributed by atoms with E-state index in [1.165, 1.54) is 21.8 Å². The fraction of sp³-hybridized carbons (Fsp3) is 0.182. The molecular formula is C22H20N6O5. The second-order valence-corrected chi connectivity index (χ2v) is 7.50. The van der Waals surface area contributed by atoms with E-state index in [-0.39, 0.29) is 30.9 Å². The molecule has 2 aromatic heterocycles. The van der Waals surface area contributed by atoms with Gasteiger partial charge in [-0.2, -0.15) is 5.10 Å². The van der Waals surface area contributed by atoms with Crippen molar-refractivity contribution in [2.45, 2.75) is 25.6 Å². The van der Waals surface area contributed by atoms with Crippen LogP contribution in [0.15, 0.2) is 54.9 Å². The van der Waals surface area contributed by atoms with Gasteiger partial charge in [0.15, 0.2) is 5.82 Å². The van der Waals surface area contributed by atoms with Crippen molar-refractivity contribution in [1.29, 1.82) is 0 Å². The first-order valence-corrected chi connectivity index (χ1v) is 10.0. The summed E-state index contributed by atoms with van der Waals surface area (Å²) in [6.45, 7) is 0.323. The summed E-state index contributed by atoms with van der Waals surface area (Å²) in [5, 5.41) is 16.1. The molecule has 0 saturated heterocycles. The lowest BCUT2D eigenvalue weighted by molar-refractivity contribution is -0.137. The van der Waals surface area contributed by atoms with Gasteiger partial charge in [-0.05, 0) is 17.7 Å². The lowest BCUT2D eigenvalue weighted by Gasteiger charge is -2.17. The zero-order valence-corrected chi connectivity index (χ0v) is 17.3. The summed E-state index contributed by atoms with van der Waals surface area (Å²) in [5.74, 6) is -2.48. The molecule has 3 heterocycles. The van der Waals surface area contributed by atoms with Gasteiger partial charge in [0.1, 0.15) is 6.04 Å². The smallest absolute Gasteiger partial charge is 0.407 e. The largest absolute Gasteiger partial charge is 0.465 e. The molecule has 1 atom stereocenters. The Morgan fingerprint density at radius 1 is 1.09 bits per heavy atom. The number of nitrogens with two attached hydrogens (primary N) is 1. The van der Waals surface area contributed by atoms with Crippen LogP contribution in [0.25, 0.3) is 5.82 Å². The first-order valence-electron chi connectivity index (χ1n) is 10.0. The van der Waals surface area contributed by atoms with Crippen LogP contribution in [-0.2, 0) is 29.1 Å². The van der Waals surface area contributed by atoms with Gasteiger partial charge in [-0.25, -0.2) is 14.5 Å². The van der Waals surface area contributed by atoms with Crippen LogP contribution in [0.4, 0.5) is 4.79 Å². The fourth-order valence-corrected chi connectivity index (χ4v) is 3.62. The SMILES string of the molecule is NC(=O)C(=O)C(Cc1ccccc1)NC(=O)c1cccnc1-n1cc2c(n1)CN(C(=O)O)C2. The van der Waals surface area contributed by atoms with Gasteiger partial charge in [0.05, 0.1) is 24.3 Å². The van der Waals surface area contributed by atoms with E-state index in [4.69, 9.17) is 10.8 Å². The molecule has 1 aromatic carbocycles. The normalized spacial score (nSPS) is 13.3. The summed E-state index contributed by atoms with van der Waals surface area (Å²) < 4.78 is 1.40. The number of fused-ring (bicyclic) bond motifs is 1. The number of primary amides is 1. The predicted octanol–water partition coefficient (Wildman–Crippen LogP) is 0.656. The number of Topliss-reactive ketones (excluding diaryl/α,β-unsaturated/α-hetero) is 1.